The Balaban J connectivity index is 2.14. The molecule has 18 heavy (non-hydrogen) atoms. The maximum absolute atomic E-state index is 12.1. The van der Waals surface area contributed by atoms with Crippen LogP contribution in [0.5, 0.6) is 0 Å². The minimum atomic E-state index is -0.558. The van der Waals surface area contributed by atoms with E-state index in [1.54, 1.807) is 13.0 Å². The first-order valence-electron chi connectivity index (χ1n) is 6.09. The standard InChI is InChI=1S/C12H17N3O2S/c1-8-7-9(15-17-8)10(16)14-12(11(13)18)5-3-2-4-6-12/h7H,2-6H2,1H3,(H2,13,18)(H,14,16). The minimum absolute atomic E-state index is 0.272. The first-order chi connectivity index (χ1) is 8.53. The summed E-state index contributed by atoms with van der Waals surface area (Å²) < 4.78 is 4.89. The van der Waals surface area contributed by atoms with Crippen LogP contribution in [0.2, 0.25) is 0 Å². The first kappa shape index (κ1) is 13.0. The number of carbonyl (C=O) groups excluding carboxylic acids is 1. The molecule has 98 valence electrons. The Hall–Kier alpha value is -1.43. The zero-order valence-corrected chi connectivity index (χ0v) is 11.2. The van der Waals surface area contributed by atoms with E-state index in [1.165, 1.54) is 0 Å². The Morgan fingerprint density at radius 1 is 1.50 bits per heavy atom. The third kappa shape index (κ3) is 2.53. The highest BCUT2D eigenvalue weighted by atomic mass is 32.1. The van der Waals surface area contributed by atoms with Gasteiger partial charge < -0.3 is 15.6 Å². The number of nitrogens with two attached hydrogens (primary N) is 1. The number of nitrogens with zero attached hydrogens (tertiary/aromatic N) is 1. The summed E-state index contributed by atoms with van der Waals surface area (Å²) >= 11 is 5.12. The van der Waals surface area contributed by atoms with Crippen LogP contribution in [-0.4, -0.2) is 21.6 Å². The number of rotatable bonds is 3. The van der Waals surface area contributed by atoms with Gasteiger partial charge in [-0.25, -0.2) is 0 Å². The van der Waals surface area contributed by atoms with Crippen LogP contribution in [0.1, 0.15) is 48.4 Å². The SMILES string of the molecule is Cc1cc(C(=O)NC2(C(N)=S)CCCCC2)no1. The number of hydrogen-bond donors (Lipinski definition) is 2. The number of carbonyl (C=O) groups is 1. The number of aryl methyl sites for hydroxylation is 1. The lowest BCUT2D eigenvalue weighted by atomic mass is 9.81. The third-order valence-corrected chi connectivity index (χ3v) is 3.78. The summed E-state index contributed by atoms with van der Waals surface area (Å²) in [5.74, 6) is 0.328. The van der Waals surface area contributed by atoms with Crippen molar-refractivity contribution in [3.63, 3.8) is 0 Å². The molecule has 1 saturated carbocycles. The van der Waals surface area contributed by atoms with Crippen LogP contribution in [0.4, 0.5) is 0 Å². The molecule has 1 aliphatic carbocycles. The summed E-state index contributed by atoms with van der Waals surface area (Å²) in [7, 11) is 0. The smallest absolute Gasteiger partial charge is 0.274 e. The lowest BCUT2D eigenvalue weighted by Gasteiger charge is -2.36. The van der Waals surface area contributed by atoms with Gasteiger partial charge in [-0.05, 0) is 19.8 Å². The van der Waals surface area contributed by atoms with E-state index >= 15 is 0 Å². The molecule has 6 heteroatoms. The van der Waals surface area contributed by atoms with Gasteiger partial charge >= 0.3 is 0 Å². The second kappa shape index (κ2) is 5.06. The number of aromatic nitrogens is 1. The van der Waals surface area contributed by atoms with Gasteiger partial charge in [-0.2, -0.15) is 0 Å². The van der Waals surface area contributed by atoms with Gasteiger partial charge in [0.05, 0.1) is 10.5 Å². The molecule has 1 aromatic heterocycles. The molecule has 1 amide bonds. The molecule has 0 unspecified atom stereocenters. The molecule has 1 aliphatic rings. The maximum Gasteiger partial charge on any atom is 0.274 e. The Morgan fingerprint density at radius 3 is 2.67 bits per heavy atom. The molecule has 2 rings (SSSR count). The second-order valence-corrected chi connectivity index (χ2v) is 5.22. The second-order valence-electron chi connectivity index (χ2n) is 4.78. The average molecular weight is 267 g/mol. The van der Waals surface area contributed by atoms with E-state index in [9.17, 15) is 4.79 Å². The predicted molar refractivity (Wildman–Crippen MR) is 71.3 cm³/mol. The van der Waals surface area contributed by atoms with E-state index in [0.717, 1.165) is 32.1 Å². The normalized spacial score (nSPS) is 18.3. The first-order valence-corrected chi connectivity index (χ1v) is 6.50. The molecule has 3 N–H and O–H groups in total. The molecule has 1 aromatic rings. The van der Waals surface area contributed by atoms with Crippen LogP contribution in [0, 0.1) is 6.92 Å². The third-order valence-electron chi connectivity index (χ3n) is 3.39. The van der Waals surface area contributed by atoms with Crippen LogP contribution >= 0.6 is 12.2 Å². The zero-order chi connectivity index (χ0) is 13.2. The fraction of sp³-hybridized carbons (Fsp3) is 0.583. The average Bonchev–Trinajstić information content (AvgIpc) is 2.77. The Bertz CT molecular complexity index is 464. The molecular formula is C12H17N3O2S. The van der Waals surface area contributed by atoms with Crippen molar-refractivity contribution >= 4 is 23.1 Å². The summed E-state index contributed by atoms with van der Waals surface area (Å²) in [6, 6.07) is 1.60. The van der Waals surface area contributed by atoms with Crippen LogP contribution in [0.25, 0.3) is 0 Å². The quantitative estimate of drug-likeness (QED) is 0.815. The molecule has 0 atom stereocenters. The van der Waals surface area contributed by atoms with Crippen LogP contribution < -0.4 is 11.1 Å². The van der Waals surface area contributed by atoms with E-state index in [0.29, 0.717) is 10.7 Å². The number of hydrogen-bond acceptors (Lipinski definition) is 4. The zero-order valence-electron chi connectivity index (χ0n) is 10.4. The van der Waals surface area contributed by atoms with Crippen molar-refractivity contribution in [1.82, 2.24) is 10.5 Å². The van der Waals surface area contributed by atoms with Crippen molar-refractivity contribution in [1.29, 1.82) is 0 Å². The summed E-state index contributed by atoms with van der Waals surface area (Å²) in [4.78, 5) is 12.4. The van der Waals surface area contributed by atoms with Crippen molar-refractivity contribution in [2.75, 3.05) is 0 Å². The predicted octanol–water partition coefficient (Wildman–Crippen LogP) is 1.70. The van der Waals surface area contributed by atoms with Crippen molar-refractivity contribution in [3.8, 4) is 0 Å². The van der Waals surface area contributed by atoms with E-state index < -0.39 is 5.54 Å². The maximum atomic E-state index is 12.1. The summed E-state index contributed by atoms with van der Waals surface area (Å²) in [6.07, 6.45) is 4.80. The van der Waals surface area contributed by atoms with Crippen LogP contribution in [-0.2, 0) is 0 Å². The van der Waals surface area contributed by atoms with E-state index in [2.05, 4.69) is 10.5 Å². The molecule has 0 saturated heterocycles. The van der Waals surface area contributed by atoms with Gasteiger partial charge in [0.15, 0.2) is 5.69 Å². The number of thiocarbonyl (C=S) groups is 1. The highest BCUT2D eigenvalue weighted by Gasteiger charge is 2.37. The Kier molecular flexibility index (Phi) is 3.65. The van der Waals surface area contributed by atoms with Gasteiger partial charge in [-0.1, -0.05) is 36.6 Å². The molecule has 0 aromatic carbocycles. The van der Waals surface area contributed by atoms with Crippen molar-refractivity contribution in [2.24, 2.45) is 5.73 Å². The summed E-state index contributed by atoms with van der Waals surface area (Å²) in [6.45, 7) is 1.74. The van der Waals surface area contributed by atoms with Gasteiger partial charge in [0.2, 0.25) is 0 Å². The highest BCUT2D eigenvalue weighted by molar-refractivity contribution is 7.80. The molecule has 0 aliphatic heterocycles. The number of amides is 1. The van der Waals surface area contributed by atoms with Gasteiger partial charge in [-0.3, -0.25) is 4.79 Å². The monoisotopic (exact) mass is 267 g/mol. The molecule has 1 heterocycles. The largest absolute Gasteiger partial charge is 0.391 e. The summed E-state index contributed by atoms with van der Waals surface area (Å²) in [5, 5.41) is 6.63. The Morgan fingerprint density at radius 2 is 2.17 bits per heavy atom. The molecule has 5 nitrogen and oxygen atoms in total. The molecule has 0 radical (unpaired) electrons. The van der Waals surface area contributed by atoms with Crippen molar-refractivity contribution < 1.29 is 9.32 Å². The van der Waals surface area contributed by atoms with Crippen LogP contribution in [0.3, 0.4) is 0 Å². The molecule has 0 spiro atoms. The van der Waals surface area contributed by atoms with Crippen molar-refractivity contribution in [3.05, 3.63) is 17.5 Å². The lowest BCUT2D eigenvalue weighted by Crippen LogP contribution is -2.57. The number of nitrogens with one attached hydrogen (secondary N) is 1. The highest BCUT2D eigenvalue weighted by Crippen LogP contribution is 2.28. The topological polar surface area (TPSA) is 81.2 Å². The van der Waals surface area contributed by atoms with Crippen LogP contribution in [0.15, 0.2) is 10.6 Å². The molecular weight excluding hydrogens is 250 g/mol. The van der Waals surface area contributed by atoms with Gasteiger partial charge in [0.1, 0.15) is 5.76 Å². The lowest BCUT2D eigenvalue weighted by molar-refractivity contribution is 0.0899. The van der Waals surface area contributed by atoms with Gasteiger partial charge in [0.25, 0.3) is 5.91 Å². The Labute approximate surface area is 111 Å². The van der Waals surface area contributed by atoms with E-state index in [1.807, 2.05) is 0 Å². The molecule has 0 bridgehead atoms. The van der Waals surface area contributed by atoms with Gasteiger partial charge in [-0.15, -0.1) is 0 Å². The molecule has 1 fully saturated rings. The van der Waals surface area contributed by atoms with Crippen molar-refractivity contribution in [2.45, 2.75) is 44.6 Å². The van der Waals surface area contributed by atoms with Gasteiger partial charge in [0, 0.05) is 6.07 Å². The minimum Gasteiger partial charge on any atom is -0.391 e. The summed E-state index contributed by atoms with van der Waals surface area (Å²) in [5.41, 5.74) is 5.52. The van der Waals surface area contributed by atoms with E-state index in [-0.39, 0.29) is 11.6 Å². The fourth-order valence-electron chi connectivity index (χ4n) is 2.34. The fourth-order valence-corrected chi connectivity index (χ4v) is 2.60. The van der Waals surface area contributed by atoms with E-state index in [4.69, 9.17) is 22.5 Å².